The molecule has 5 rings (SSSR count). The van der Waals surface area contributed by atoms with Crippen LogP contribution in [-0.2, 0) is 28.6 Å². The van der Waals surface area contributed by atoms with Crippen LogP contribution in [0.25, 0.3) is 5.57 Å². The lowest BCUT2D eigenvalue weighted by Crippen LogP contribution is -2.53. The molecule has 1 aliphatic heterocycles. The fourth-order valence-corrected chi connectivity index (χ4v) is 6.71. The molecule has 1 heterocycles. The molecule has 0 unspecified atom stereocenters. The summed E-state index contributed by atoms with van der Waals surface area (Å²) in [6, 6.07) is 32.3. The Hall–Kier alpha value is -5.24. The molecule has 8 nitrogen and oxygen atoms in total. The Balaban J connectivity index is 2.09. The maximum atomic E-state index is 14.9. The number of benzene rings is 4. The summed E-state index contributed by atoms with van der Waals surface area (Å²) in [6.45, 7) is 4.50. The van der Waals surface area contributed by atoms with Crippen molar-refractivity contribution in [3.05, 3.63) is 153 Å². The van der Waals surface area contributed by atoms with E-state index >= 15 is 0 Å². The molecule has 0 aromatic heterocycles. The molecule has 4 aromatic rings. The highest BCUT2D eigenvalue weighted by Crippen LogP contribution is 2.60. The smallest absolute Gasteiger partial charge is 0.336 e. The Labute approximate surface area is 294 Å². The van der Waals surface area contributed by atoms with Crippen LogP contribution >= 0.6 is 15.9 Å². The highest BCUT2D eigenvalue weighted by molar-refractivity contribution is 9.10. The van der Waals surface area contributed by atoms with Crippen molar-refractivity contribution >= 4 is 45.3 Å². The van der Waals surface area contributed by atoms with Crippen molar-refractivity contribution in [2.24, 2.45) is 5.41 Å². The third-order valence-electron chi connectivity index (χ3n) is 8.61. The minimum absolute atomic E-state index is 0.101. The molecule has 0 spiro atoms. The Morgan fingerprint density at radius 2 is 1.14 bits per heavy atom. The summed E-state index contributed by atoms with van der Waals surface area (Å²) in [7, 11) is 1.19. The number of nitrogens with zero attached hydrogens (tertiary/aromatic N) is 1. The van der Waals surface area contributed by atoms with E-state index in [0.717, 1.165) is 4.47 Å². The molecular formula is C40H36BrNO7. The van der Waals surface area contributed by atoms with Crippen molar-refractivity contribution in [1.82, 2.24) is 4.90 Å². The van der Waals surface area contributed by atoms with Gasteiger partial charge in [-0.3, -0.25) is 14.4 Å². The second-order valence-corrected chi connectivity index (χ2v) is 12.3. The lowest BCUT2D eigenvalue weighted by atomic mass is 9.70. The first-order valence-corrected chi connectivity index (χ1v) is 16.6. The number of amides is 1. The molecule has 49 heavy (non-hydrogen) atoms. The SMILES string of the molecule is CCOC(=O)C1(C(=O)OCC)C(=C=C(c2ccccc2)c2ccccc2)[C@](C)(C(=O)OC)N(C(=O)c2ccccc2)[C@@H]1c1ccc(Br)cc1. The molecule has 0 bridgehead atoms. The third kappa shape index (κ3) is 6.23. The maximum Gasteiger partial charge on any atom is 0.336 e. The lowest BCUT2D eigenvalue weighted by molar-refractivity contribution is -0.171. The molecule has 0 saturated carbocycles. The van der Waals surface area contributed by atoms with Gasteiger partial charge in [-0.1, -0.05) is 107 Å². The molecule has 2 atom stereocenters. The lowest BCUT2D eigenvalue weighted by Gasteiger charge is -2.37. The van der Waals surface area contributed by atoms with Gasteiger partial charge in [-0.15, -0.1) is 5.73 Å². The predicted molar refractivity (Wildman–Crippen MR) is 188 cm³/mol. The van der Waals surface area contributed by atoms with Crippen LogP contribution in [0.4, 0.5) is 0 Å². The quantitative estimate of drug-likeness (QED) is 0.0772. The summed E-state index contributed by atoms with van der Waals surface area (Å²) < 4.78 is 17.6. The molecule has 0 radical (unpaired) electrons. The van der Waals surface area contributed by atoms with Crippen LogP contribution < -0.4 is 0 Å². The molecule has 4 aromatic carbocycles. The van der Waals surface area contributed by atoms with Crippen molar-refractivity contribution in [1.29, 1.82) is 0 Å². The van der Waals surface area contributed by atoms with Crippen molar-refractivity contribution in [3.63, 3.8) is 0 Å². The minimum Gasteiger partial charge on any atom is -0.467 e. The molecule has 1 fully saturated rings. The van der Waals surface area contributed by atoms with E-state index < -0.39 is 40.8 Å². The molecule has 9 heteroatoms. The van der Waals surface area contributed by atoms with E-state index in [4.69, 9.17) is 14.2 Å². The Bertz CT molecular complexity index is 1840. The van der Waals surface area contributed by atoms with Gasteiger partial charge in [-0.25, -0.2) is 4.79 Å². The van der Waals surface area contributed by atoms with Crippen LogP contribution in [0, 0.1) is 5.41 Å². The fourth-order valence-electron chi connectivity index (χ4n) is 6.44. The molecular weight excluding hydrogens is 686 g/mol. The minimum atomic E-state index is -2.41. The van der Waals surface area contributed by atoms with E-state index in [9.17, 15) is 19.2 Å². The molecule has 1 aliphatic rings. The van der Waals surface area contributed by atoms with Gasteiger partial charge >= 0.3 is 17.9 Å². The zero-order valence-electron chi connectivity index (χ0n) is 27.6. The number of halogens is 1. The largest absolute Gasteiger partial charge is 0.467 e. The van der Waals surface area contributed by atoms with Crippen LogP contribution in [0.3, 0.4) is 0 Å². The van der Waals surface area contributed by atoms with E-state index in [0.29, 0.717) is 22.3 Å². The first-order chi connectivity index (χ1) is 23.7. The van der Waals surface area contributed by atoms with Gasteiger partial charge in [0, 0.05) is 21.2 Å². The highest BCUT2D eigenvalue weighted by Gasteiger charge is 2.75. The number of methoxy groups -OCH3 is 1. The van der Waals surface area contributed by atoms with Gasteiger partial charge in [-0.2, -0.15) is 0 Å². The third-order valence-corrected chi connectivity index (χ3v) is 9.14. The second-order valence-electron chi connectivity index (χ2n) is 11.4. The number of esters is 3. The topological polar surface area (TPSA) is 99.2 Å². The number of hydrogen-bond acceptors (Lipinski definition) is 7. The van der Waals surface area contributed by atoms with Gasteiger partial charge in [0.05, 0.1) is 26.4 Å². The Kier molecular flexibility index (Phi) is 10.7. The fraction of sp³-hybridized carbons (Fsp3) is 0.225. The number of ether oxygens (including phenoxy) is 3. The number of carbonyl (C=O) groups is 4. The second kappa shape index (κ2) is 14.9. The van der Waals surface area contributed by atoms with E-state index in [-0.39, 0.29) is 24.4 Å². The summed E-state index contributed by atoms with van der Waals surface area (Å²) >= 11 is 3.47. The van der Waals surface area contributed by atoms with Gasteiger partial charge in [0.15, 0.2) is 5.54 Å². The van der Waals surface area contributed by atoms with Gasteiger partial charge in [0.2, 0.25) is 5.41 Å². The van der Waals surface area contributed by atoms with Crippen molar-refractivity contribution in [2.45, 2.75) is 32.4 Å². The summed E-state index contributed by atoms with van der Waals surface area (Å²) in [5.74, 6) is -3.51. The van der Waals surface area contributed by atoms with E-state index in [1.165, 1.54) is 18.9 Å². The summed E-state index contributed by atoms with van der Waals surface area (Å²) in [4.78, 5) is 60.2. The highest BCUT2D eigenvalue weighted by atomic mass is 79.9. The first-order valence-electron chi connectivity index (χ1n) is 15.9. The van der Waals surface area contributed by atoms with Crippen LogP contribution in [0.2, 0.25) is 0 Å². The standard InChI is InChI=1S/C40H36BrNO7/c1-5-48-37(45)40(38(46)49-6-2)33(26-32(27-16-10-7-11-17-27)28-18-12-8-13-19-28)39(3,36(44)47-4)42(35(43)30-20-14-9-15-21-30)34(40)29-22-24-31(41)25-23-29/h7-25,34H,5-6H2,1-4H3/t34-,39-/m1/s1. The zero-order chi connectivity index (χ0) is 35.2. The average Bonchev–Trinajstić information content (AvgIpc) is 3.37. The number of likely N-dealkylation sites (tertiary alicyclic amines) is 1. The Morgan fingerprint density at radius 1 is 0.694 bits per heavy atom. The van der Waals surface area contributed by atoms with E-state index in [1.54, 1.807) is 68.4 Å². The molecule has 250 valence electrons. The van der Waals surface area contributed by atoms with Crippen LogP contribution in [0.15, 0.2) is 131 Å². The monoisotopic (exact) mass is 721 g/mol. The van der Waals surface area contributed by atoms with Crippen LogP contribution in [-0.4, -0.2) is 54.6 Å². The van der Waals surface area contributed by atoms with Gasteiger partial charge in [-0.05, 0) is 61.7 Å². The van der Waals surface area contributed by atoms with Crippen molar-refractivity contribution in [2.75, 3.05) is 20.3 Å². The van der Waals surface area contributed by atoms with Gasteiger partial charge < -0.3 is 19.1 Å². The Morgan fingerprint density at radius 3 is 1.57 bits per heavy atom. The van der Waals surface area contributed by atoms with Crippen molar-refractivity contribution < 1.29 is 33.4 Å². The van der Waals surface area contributed by atoms with Gasteiger partial charge in [0.1, 0.15) is 0 Å². The number of hydrogen-bond donors (Lipinski definition) is 0. The average molecular weight is 723 g/mol. The molecule has 0 aliphatic carbocycles. The van der Waals surface area contributed by atoms with Crippen LogP contribution in [0.5, 0.6) is 0 Å². The normalized spacial score (nSPS) is 17.9. The number of carbonyl (C=O) groups excluding carboxylic acids is 4. The predicted octanol–water partition coefficient (Wildman–Crippen LogP) is 7.35. The summed E-state index contributed by atoms with van der Waals surface area (Å²) in [6.07, 6.45) is 0. The zero-order valence-corrected chi connectivity index (χ0v) is 29.2. The summed E-state index contributed by atoms with van der Waals surface area (Å²) in [5, 5.41) is 0. The molecule has 1 amide bonds. The van der Waals surface area contributed by atoms with Gasteiger partial charge in [0.25, 0.3) is 5.91 Å². The van der Waals surface area contributed by atoms with Crippen molar-refractivity contribution in [3.8, 4) is 0 Å². The first kappa shape index (κ1) is 35.1. The summed E-state index contributed by atoms with van der Waals surface area (Å²) in [5.41, 5.74) is 1.17. The van der Waals surface area contributed by atoms with E-state index in [1.807, 2.05) is 60.7 Å². The molecule has 1 saturated heterocycles. The van der Waals surface area contributed by atoms with Crippen LogP contribution in [0.1, 0.15) is 53.9 Å². The number of rotatable bonds is 9. The van der Waals surface area contributed by atoms with E-state index in [2.05, 4.69) is 21.7 Å². The maximum absolute atomic E-state index is 14.9. The molecule has 0 N–H and O–H groups in total.